The van der Waals surface area contributed by atoms with Crippen LogP contribution in [0.4, 0.5) is 0 Å². The van der Waals surface area contributed by atoms with Crippen molar-refractivity contribution in [3.8, 4) is 0 Å². The van der Waals surface area contributed by atoms with Crippen molar-refractivity contribution in [2.45, 2.75) is 52.1 Å². The van der Waals surface area contributed by atoms with Gasteiger partial charge in [-0.15, -0.1) is 0 Å². The summed E-state index contributed by atoms with van der Waals surface area (Å²) in [4.78, 5) is 0. The standard InChI is InChI=1S/C12H20O/c1-11(2)7-5-8-12(3)10(11)6-4-9-13-12/h6H,4-5,7-9H2,1-3H3. The van der Waals surface area contributed by atoms with Crippen molar-refractivity contribution in [1.29, 1.82) is 0 Å². The number of fused-ring (bicyclic) bond motifs is 1. The zero-order valence-electron chi connectivity index (χ0n) is 9.02. The fourth-order valence-corrected chi connectivity index (χ4v) is 2.98. The molecule has 1 atom stereocenters. The molecule has 0 saturated heterocycles. The van der Waals surface area contributed by atoms with Crippen molar-refractivity contribution < 1.29 is 4.74 Å². The zero-order chi connectivity index (χ0) is 9.53. The van der Waals surface area contributed by atoms with Crippen LogP contribution in [0.2, 0.25) is 0 Å². The highest BCUT2D eigenvalue weighted by molar-refractivity contribution is 5.27. The number of rotatable bonds is 0. The fraction of sp³-hybridized carbons (Fsp3) is 0.833. The van der Waals surface area contributed by atoms with Gasteiger partial charge in [-0.3, -0.25) is 0 Å². The Morgan fingerprint density at radius 3 is 2.69 bits per heavy atom. The first-order chi connectivity index (χ1) is 6.05. The van der Waals surface area contributed by atoms with E-state index in [0.29, 0.717) is 5.41 Å². The van der Waals surface area contributed by atoms with Crippen LogP contribution in [0.15, 0.2) is 11.6 Å². The molecule has 2 aliphatic rings. The topological polar surface area (TPSA) is 9.23 Å². The molecule has 1 heterocycles. The summed E-state index contributed by atoms with van der Waals surface area (Å²) < 4.78 is 5.94. The minimum absolute atomic E-state index is 0.0694. The van der Waals surface area contributed by atoms with E-state index in [1.807, 2.05) is 0 Å². The molecule has 0 N–H and O–H groups in total. The van der Waals surface area contributed by atoms with Crippen molar-refractivity contribution in [1.82, 2.24) is 0 Å². The van der Waals surface area contributed by atoms with Gasteiger partial charge in [0.25, 0.3) is 0 Å². The number of ether oxygens (including phenoxy) is 1. The predicted octanol–water partition coefficient (Wildman–Crippen LogP) is 3.30. The van der Waals surface area contributed by atoms with Gasteiger partial charge in [0.1, 0.15) is 0 Å². The third-order valence-corrected chi connectivity index (χ3v) is 3.64. The Morgan fingerprint density at radius 1 is 1.23 bits per heavy atom. The van der Waals surface area contributed by atoms with Crippen LogP contribution in [-0.2, 0) is 4.74 Å². The van der Waals surface area contributed by atoms with E-state index in [4.69, 9.17) is 4.74 Å². The van der Waals surface area contributed by atoms with Gasteiger partial charge in [0.2, 0.25) is 0 Å². The fourth-order valence-electron chi connectivity index (χ4n) is 2.98. The smallest absolute Gasteiger partial charge is 0.0868 e. The molecule has 1 aliphatic heterocycles. The summed E-state index contributed by atoms with van der Waals surface area (Å²) in [6, 6.07) is 0. The van der Waals surface area contributed by atoms with Crippen molar-refractivity contribution in [2.24, 2.45) is 5.41 Å². The van der Waals surface area contributed by atoms with Gasteiger partial charge in [-0.2, -0.15) is 0 Å². The van der Waals surface area contributed by atoms with E-state index in [1.165, 1.54) is 19.3 Å². The summed E-state index contributed by atoms with van der Waals surface area (Å²) in [5, 5.41) is 0. The predicted molar refractivity (Wildman–Crippen MR) is 54.7 cm³/mol. The normalized spacial score (nSPS) is 37.9. The second-order valence-electron chi connectivity index (χ2n) is 5.22. The lowest BCUT2D eigenvalue weighted by Crippen LogP contribution is -2.43. The molecule has 1 saturated carbocycles. The maximum atomic E-state index is 5.94. The van der Waals surface area contributed by atoms with Crippen molar-refractivity contribution in [2.75, 3.05) is 6.61 Å². The van der Waals surface area contributed by atoms with E-state index in [-0.39, 0.29) is 5.60 Å². The molecule has 13 heavy (non-hydrogen) atoms. The summed E-state index contributed by atoms with van der Waals surface area (Å²) in [6.07, 6.45) is 7.36. The van der Waals surface area contributed by atoms with Gasteiger partial charge in [-0.25, -0.2) is 0 Å². The largest absolute Gasteiger partial charge is 0.371 e. The van der Waals surface area contributed by atoms with E-state index >= 15 is 0 Å². The lowest BCUT2D eigenvalue weighted by Gasteiger charge is -2.47. The molecule has 1 fully saturated rings. The van der Waals surface area contributed by atoms with Gasteiger partial charge in [0.15, 0.2) is 0 Å². The lowest BCUT2D eigenvalue weighted by atomic mass is 9.65. The molecule has 0 aromatic carbocycles. The SMILES string of the molecule is CC1(C)CCCC2(C)OCCC=C12. The molecular formula is C12H20O. The third-order valence-electron chi connectivity index (χ3n) is 3.64. The summed E-state index contributed by atoms with van der Waals surface area (Å²) in [5.74, 6) is 0. The van der Waals surface area contributed by atoms with Gasteiger partial charge >= 0.3 is 0 Å². The molecule has 1 unspecified atom stereocenters. The van der Waals surface area contributed by atoms with Crippen LogP contribution in [0.1, 0.15) is 46.5 Å². The van der Waals surface area contributed by atoms with Crippen LogP contribution in [0.3, 0.4) is 0 Å². The molecule has 0 bridgehead atoms. The molecule has 0 amide bonds. The molecular weight excluding hydrogens is 160 g/mol. The van der Waals surface area contributed by atoms with Crippen LogP contribution in [0.5, 0.6) is 0 Å². The quantitative estimate of drug-likeness (QED) is 0.520. The first-order valence-electron chi connectivity index (χ1n) is 5.40. The second-order valence-corrected chi connectivity index (χ2v) is 5.22. The molecule has 0 radical (unpaired) electrons. The molecule has 2 rings (SSSR count). The van der Waals surface area contributed by atoms with Crippen LogP contribution in [-0.4, -0.2) is 12.2 Å². The minimum Gasteiger partial charge on any atom is -0.371 e. The summed E-state index contributed by atoms with van der Waals surface area (Å²) in [7, 11) is 0. The van der Waals surface area contributed by atoms with Crippen LogP contribution in [0.25, 0.3) is 0 Å². The van der Waals surface area contributed by atoms with E-state index < -0.39 is 0 Å². The second kappa shape index (κ2) is 2.84. The molecule has 0 aromatic heterocycles. The minimum atomic E-state index is 0.0694. The first kappa shape index (κ1) is 9.26. The van der Waals surface area contributed by atoms with Gasteiger partial charge in [0, 0.05) is 0 Å². The van der Waals surface area contributed by atoms with Crippen LogP contribution in [0, 0.1) is 5.41 Å². The van der Waals surface area contributed by atoms with Gasteiger partial charge in [-0.05, 0) is 43.6 Å². The Kier molecular flexibility index (Phi) is 2.03. The Labute approximate surface area is 81.2 Å². The molecule has 1 heteroatoms. The Balaban J connectivity index is 2.36. The van der Waals surface area contributed by atoms with Crippen molar-refractivity contribution in [3.63, 3.8) is 0 Å². The first-order valence-corrected chi connectivity index (χ1v) is 5.40. The van der Waals surface area contributed by atoms with Crippen LogP contribution >= 0.6 is 0 Å². The van der Waals surface area contributed by atoms with E-state index in [2.05, 4.69) is 26.8 Å². The third kappa shape index (κ3) is 1.43. The molecule has 0 spiro atoms. The molecule has 1 aliphatic carbocycles. The zero-order valence-corrected chi connectivity index (χ0v) is 9.02. The van der Waals surface area contributed by atoms with Crippen molar-refractivity contribution >= 4 is 0 Å². The Morgan fingerprint density at radius 2 is 2.00 bits per heavy atom. The van der Waals surface area contributed by atoms with E-state index in [0.717, 1.165) is 13.0 Å². The monoisotopic (exact) mass is 180 g/mol. The average Bonchev–Trinajstić information content (AvgIpc) is 2.02. The average molecular weight is 180 g/mol. The van der Waals surface area contributed by atoms with Gasteiger partial charge in [0.05, 0.1) is 12.2 Å². The van der Waals surface area contributed by atoms with E-state index in [9.17, 15) is 0 Å². The molecule has 74 valence electrons. The number of hydrogen-bond donors (Lipinski definition) is 0. The van der Waals surface area contributed by atoms with Crippen molar-refractivity contribution in [3.05, 3.63) is 11.6 Å². The number of hydrogen-bond acceptors (Lipinski definition) is 1. The highest BCUT2D eigenvalue weighted by Crippen LogP contribution is 2.48. The Hall–Kier alpha value is -0.300. The Bertz CT molecular complexity index is 240. The molecule has 1 nitrogen and oxygen atoms in total. The lowest BCUT2D eigenvalue weighted by molar-refractivity contribution is -0.0462. The van der Waals surface area contributed by atoms with Crippen LogP contribution < -0.4 is 0 Å². The maximum absolute atomic E-state index is 5.94. The summed E-state index contributed by atoms with van der Waals surface area (Å²) in [6.45, 7) is 7.88. The maximum Gasteiger partial charge on any atom is 0.0868 e. The van der Waals surface area contributed by atoms with E-state index in [1.54, 1.807) is 5.57 Å². The highest BCUT2D eigenvalue weighted by atomic mass is 16.5. The van der Waals surface area contributed by atoms with Gasteiger partial charge in [-0.1, -0.05) is 19.9 Å². The highest BCUT2D eigenvalue weighted by Gasteiger charge is 2.43. The summed E-state index contributed by atoms with van der Waals surface area (Å²) >= 11 is 0. The molecule has 0 aromatic rings. The summed E-state index contributed by atoms with van der Waals surface area (Å²) in [5.41, 5.74) is 1.99. The van der Waals surface area contributed by atoms with Gasteiger partial charge < -0.3 is 4.74 Å².